The van der Waals surface area contributed by atoms with Crippen molar-refractivity contribution in [1.82, 2.24) is 0 Å². The molecular formula is C10H12Br2O2S. The highest BCUT2D eigenvalue weighted by atomic mass is 79.9. The molecule has 0 saturated carbocycles. The van der Waals surface area contributed by atoms with Crippen LogP contribution in [0, 0.1) is 0 Å². The van der Waals surface area contributed by atoms with Crippen LogP contribution in [-0.4, -0.2) is 18.0 Å². The zero-order chi connectivity index (χ0) is 11.6. The Balaban J connectivity index is 2.66. The lowest BCUT2D eigenvalue weighted by atomic mass is 10.2. The van der Waals surface area contributed by atoms with Gasteiger partial charge in [-0.1, -0.05) is 0 Å². The van der Waals surface area contributed by atoms with E-state index in [9.17, 15) is 4.79 Å². The molecule has 0 aromatic carbocycles. The third-order valence-electron chi connectivity index (χ3n) is 1.59. The maximum Gasteiger partial charge on any atom is 0.190 e. The largest absolute Gasteiger partial charge is 0.368 e. The summed E-state index contributed by atoms with van der Waals surface area (Å²) in [6, 6.07) is 1.81. The number of ether oxygens (including phenoxy) is 1. The molecule has 1 aromatic heterocycles. The van der Waals surface area contributed by atoms with Gasteiger partial charge < -0.3 is 4.74 Å². The fraction of sp³-hybridized carbons (Fsp3) is 0.500. The molecule has 0 aliphatic rings. The van der Waals surface area contributed by atoms with E-state index in [1.807, 2.05) is 26.8 Å². The van der Waals surface area contributed by atoms with Gasteiger partial charge in [0.25, 0.3) is 0 Å². The quantitative estimate of drug-likeness (QED) is 0.757. The fourth-order valence-corrected chi connectivity index (χ4v) is 3.75. The number of hydrogen-bond acceptors (Lipinski definition) is 3. The highest BCUT2D eigenvalue weighted by Crippen LogP contribution is 2.32. The van der Waals surface area contributed by atoms with E-state index in [2.05, 4.69) is 31.9 Å². The minimum absolute atomic E-state index is 0.00116. The summed E-state index contributed by atoms with van der Waals surface area (Å²) in [6.07, 6.45) is 0. The normalized spacial score (nSPS) is 11.8. The van der Waals surface area contributed by atoms with Gasteiger partial charge in [0.1, 0.15) is 6.61 Å². The van der Waals surface area contributed by atoms with Crippen molar-refractivity contribution in [2.75, 3.05) is 6.61 Å². The summed E-state index contributed by atoms with van der Waals surface area (Å²) in [6.45, 7) is 5.90. The molecule has 1 rings (SSSR count). The molecule has 0 saturated heterocycles. The van der Waals surface area contributed by atoms with Crippen LogP contribution in [0.25, 0.3) is 0 Å². The first-order valence-electron chi connectivity index (χ1n) is 4.41. The van der Waals surface area contributed by atoms with E-state index < -0.39 is 0 Å². The van der Waals surface area contributed by atoms with E-state index in [1.54, 1.807) is 0 Å². The van der Waals surface area contributed by atoms with E-state index in [0.717, 1.165) is 7.57 Å². The summed E-state index contributed by atoms with van der Waals surface area (Å²) in [5.74, 6) is -0.00116. The summed E-state index contributed by atoms with van der Waals surface area (Å²) < 4.78 is 7.21. The molecule has 0 fully saturated rings. The van der Waals surface area contributed by atoms with Crippen molar-refractivity contribution in [3.63, 3.8) is 0 Å². The summed E-state index contributed by atoms with van der Waals surface area (Å²) in [4.78, 5) is 11.8. The molecule has 0 bridgehead atoms. The van der Waals surface area contributed by atoms with E-state index >= 15 is 0 Å². The maximum atomic E-state index is 11.8. The number of ketones is 1. The standard InChI is InChI=1S/C10H12Br2O2S/c1-10(2,3)14-5-7(13)6-4-8(11)15-9(6)12/h4H,5H2,1-3H3. The number of rotatable bonds is 3. The lowest BCUT2D eigenvalue weighted by molar-refractivity contribution is 0.00305. The van der Waals surface area contributed by atoms with Crippen LogP contribution in [-0.2, 0) is 4.74 Å². The summed E-state index contributed by atoms with van der Waals surface area (Å²) in [7, 11) is 0. The van der Waals surface area contributed by atoms with Crippen molar-refractivity contribution in [2.45, 2.75) is 26.4 Å². The van der Waals surface area contributed by atoms with E-state index in [0.29, 0.717) is 5.56 Å². The minimum atomic E-state index is -0.282. The molecule has 0 aliphatic carbocycles. The van der Waals surface area contributed by atoms with Crippen molar-refractivity contribution in [3.05, 3.63) is 19.2 Å². The second kappa shape index (κ2) is 5.08. The highest BCUT2D eigenvalue weighted by molar-refractivity contribution is 9.12. The Morgan fingerprint density at radius 1 is 1.47 bits per heavy atom. The van der Waals surface area contributed by atoms with Crippen LogP contribution in [0.5, 0.6) is 0 Å². The Bertz CT molecular complexity index is 366. The zero-order valence-corrected chi connectivity index (χ0v) is 12.8. The number of carbonyl (C=O) groups excluding carboxylic acids is 1. The Morgan fingerprint density at radius 3 is 2.47 bits per heavy atom. The van der Waals surface area contributed by atoms with E-state index in [4.69, 9.17) is 4.74 Å². The molecule has 5 heteroatoms. The Morgan fingerprint density at radius 2 is 2.07 bits per heavy atom. The van der Waals surface area contributed by atoms with Gasteiger partial charge in [0.15, 0.2) is 5.78 Å². The summed E-state index contributed by atoms with van der Waals surface area (Å²) >= 11 is 8.18. The van der Waals surface area contributed by atoms with Crippen LogP contribution in [0.4, 0.5) is 0 Å². The average Bonchev–Trinajstić information content (AvgIpc) is 2.40. The van der Waals surface area contributed by atoms with E-state index in [1.165, 1.54) is 11.3 Å². The predicted octanol–water partition coefficient (Wildman–Crippen LogP) is 4.27. The molecule has 0 amide bonds. The van der Waals surface area contributed by atoms with Gasteiger partial charge in [0.2, 0.25) is 0 Å². The molecule has 15 heavy (non-hydrogen) atoms. The molecule has 0 unspecified atom stereocenters. The molecule has 0 N–H and O–H groups in total. The van der Waals surface area contributed by atoms with Crippen molar-refractivity contribution < 1.29 is 9.53 Å². The SMILES string of the molecule is CC(C)(C)OCC(=O)c1cc(Br)sc1Br. The van der Waals surface area contributed by atoms with Gasteiger partial charge in [-0.2, -0.15) is 0 Å². The number of Topliss-reactive ketones (excluding diaryl/α,β-unsaturated/α-hetero) is 1. The van der Waals surface area contributed by atoms with Gasteiger partial charge in [-0.3, -0.25) is 4.79 Å². The van der Waals surface area contributed by atoms with Crippen LogP contribution in [0.1, 0.15) is 31.1 Å². The van der Waals surface area contributed by atoms with Crippen molar-refractivity contribution in [2.24, 2.45) is 0 Å². The minimum Gasteiger partial charge on any atom is -0.368 e. The van der Waals surface area contributed by atoms with Crippen molar-refractivity contribution >= 4 is 49.0 Å². The topological polar surface area (TPSA) is 26.3 Å². The number of thiophene rings is 1. The predicted molar refractivity (Wildman–Crippen MR) is 69.8 cm³/mol. The molecule has 0 aliphatic heterocycles. The van der Waals surface area contributed by atoms with Gasteiger partial charge in [-0.25, -0.2) is 0 Å². The first-order chi connectivity index (χ1) is 6.79. The molecule has 0 radical (unpaired) electrons. The fourth-order valence-electron chi connectivity index (χ4n) is 0.890. The van der Waals surface area contributed by atoms with Crippen LogP contribution >= 0.6 is 43.2 Å². The van der Waals surface area contributed by atoms with Crippen molar-refractivity contribution in [3.8, 4) is 0 Å². The molecule has 1 heterocycles. The monoisotopic (exact) mass is 354 g/mol. The smallest absolute Gasteiger partial charge is 0.190 e. The molecule has 1 aromatic rings. The van der Waals surface area contributed by atoms with Crippen LogP contribution in [0.2, 0.25) is 0 Å². The van der Waals surface area contributed by atoms with E-state index in [-0.39, 0.29) is 18.0 Å². The number of hydrogen-bond donors (Lipinski definition) is 0. The van der Waals surface area contributed by atoms with Gasteiger partial charge in [-0.15, -0.1) is 11.3 Å². The van der Waals surface area contributed by atoms with Crippen LogP contribution in [0.3, 0.4) is 0 Å². The first-order valence-corrected chi connectivity index (χ1v) is 6.82. The maximum absolute atomic E-state index is 11.8. The van der Waals surface area contributed by atoms with Crippen LogP contribution < -0.4 is 0 Å². The van der Waals surface area contributed by atoms with Gasteiger partial charge >= 0.3 is 0 Å². The zero-order valence-electron chi connectivity index (χ0n) is 8.77. The molecule has 0 spiro atoms. The number of halogens is 2. The molecule has 84 valence electrons. The summed E-state index contributed by atoms with van der Waals surface area (Å²) in [5.41, 5.74) is 0.395. The lowest BCUT2D eigenvalue weighted by Crippen LogP contribution is -2.23. The number of carbonyl (C=O) groups is 1. The molecule has 2 nitrogen and oxygen atoms in total. The van der Waals surface area contributed by atoms with Gasteiger partial charge in [0.05, 0.1) is 13.2 Å². The third-order valence-corrected chi connectivity index (χ3v) is 3.93. The second-order valence-electron chi connectivity index (χ2n) is 4.06. The summed E-state index contributed by atoms with van der Waals surface area (Å²) in [5, 5.41) is 0. The average molecular weight is 356 g/mol. The Hall–Kier alpha value is 0.290. The van der Waals surface area contributed by atoms with Gasteiger partial charge in [0, 0.05) is 5.56 Å². The lowest BCUT2D eigenvalue weighted by Gasteiger charge is -2.18. The Kier molecular flexibility index (Phi) is 4.52. The molecule has 0 atom stereocenters. The third kappa shape index (κ3) is 4.34. The van der Waals surface area contributed by atoms with Crippen LogP contribution in [0.15, 0.2) is 13.6 Å². The van der Waals surface area contributed by atoms with Crippen molar-refractivity contribution in [1.29, 1.82) is 0 Å². The first kappa shape index (κ1) is 13.4. The molecular weight excluding hydrogens is 344 g/mol. The Labute approximate surface area is 110 Å². The second-order valence-corrected chi connectivity index (χ2v) is 7.81. The van der Waals surface area contributed by atoms with Gasteiger partial charge in [-0.05, 0) is 58.7 Å². The highest BCUT2D eigenvalue weighted by Gasteiger charge is 2.17.